The van der Waals surface area contributed by atoms with Crippen LogP contribution >= 0.6 is 0 Å². The Morgan fingerprint density at radius 1 is 0.571 bits per heavy atom. The second kappa shape index (κ2) is 4.64. The molecule has 1 heteroatoms. The summed E-state index contributed by atoms with van der Waals surface area (Å²) in [7, 11) is 0. The highest BCUT2D eigenvalue weighted by Crippen LogP contribution is 2.37. The van der Waals surface area contributed by atoms with Gasteiger partial charge in [0.2, 0.25) is 0 Å². The van der Waals surface area contributed by atoms with Crippen molar-refractivity contribution >= 4 is 21.5 Å². The molecule has 1 radical (unpaired) electrons. The fraction of sp³-hybridized carbons (Fsp3) is 0. The van der Waals surface area contributed by atoms with Crippen molar-refractivity contribution in [2.75, 3.05) is 0 Å². The molecule has 0 unspecified atom stereocenters. The average molecular weight is 269 g/mol. The molecule has 0 aliphatic heterocycles. The van der Waals surface area contributed by atoms with Crippen LogP contribution in [0, 0.1) is 0 Å². The van der Waals surface area contributed by atoms with Crippen molar-refractivity contribution < 1.29 is 5.11 Å². The molecule has 0 aliphatic rings. The molecule has 0 aromatic heterocycles. The third kappa shape index (κ3) is 1.95. The van der Waals surface area contributed by atoms with Gasteiger partial charge in [0.05, 0.1) is 0 Å². The molecule has 0 heterocycles. The molecular weight excluding hydrogens is 256 g/mol. The molecule has 4 aromatic carbocycles. The van der Waals surface area contributed by atoms with Crippen LogP contribution in [0.5, 0.6) is 5.75 Å². The fourth-order valence-corrected chi connectivity index (χ4v) is 2.83. The maximum atomic E-state index is 12.8. The van der Waals surface area contributed by atoms with E-state index >= 15 is 0 Å². The molecule has 99 valence electrons. The summed E-state index contributed by atoms with van der Waals surface area (Å²) in [5, 5.41) is 16.8. The largest absolute Gasteiger partial charge is 0.289 e. The summed E-state index contributed by atoms with van der Waals surface area (Å²) in [6.45, 7) is 0. The zero-order valence-corrected chi connectivity index (χ0v) is 11.4. The summed E-state index contributed by atoms with van der Waals surface area (Å²) in [4.78, 5) is 0. The molecule has 0 saturated carbocycles. The van der Waals surface area contributed by atoms with Crippen LogP contribution in [0.2, 0.25) is 0 Å². The van der Waals surface area contributed by atoms with E-state index in [1.54, 1.807) is 0 Å². The standard InChI is InChI=1S/C20H13O/c21-20-18(14-6-2-1-3-7-14)11-10-17-12-15-8-4-5-9-16(15)13-19(17)20/h1-13H. The van der Waals surface area contributed by atoms with Crippen molar-refractivity contribution in [3.05, 3.63) is 78.9 Å². The van der Waals surface area contributed by atoms with Crippen LogP contribution < -0.4 is 0 Å². The number of hydrogen-bond acceptors (Lipinski definition) is 0. The van der Waals surface area contributed by atoms with Gasteiger partial charge in [-0.05, 0) is 39.9 Å². The van der Waals surface area contributed by atoms with Gasteiger partial charge in [-0.2, -0.15) is 0 Å². The van der Waals surface area contributed by atoms with Gasteiger partial charge in [0, 0.05) is 10.9 Å². The van der Waals surface area contributed by atoms with Crippen molar-refractivity contribution in [3.63, 3.8) is 0 Å². The van der Waals surface area contributed by atoms with Crippen molar-refractivity contribution in [2.45, 2.75) is 0 Å². The lowest BCUT2D eigenvalue weighted by molar-refractivity contribution is 0.362. The molecule has 0 amide bonds. The summed E-state index contributed by atoms with van der Waals surface area (Å²) >= 11 is 0. The number of fused-ring (bicyclic) bond motifs is 2. The Hall–Kier alpha value is -2.80. The highest BCUT2D eigenvalue weighted by molar-refractivity contribution is 6.03. The van der Waals surface area contributed by atoms with E-state index in [2.05, 4.69) is 12.1 Å². The molecule has 0 saturated heterocycles. The van der Waals surface area contributed by atoms with Crippen LogP contribution in [0.15, 0.2) is 78.9 Å². The second-order valence-corrected chi connectivity index (χ2v) is 5.23. The van der Waals surface area contributed by atoms with Gasteiger partial charge in [-0.15, -0.1) is 0 Å². The predicted octanol–water partition coefficient (Wildman–Crippen LogP) is 5.80. The van der Waals surface area contributed by atoms with E-state index in [1.807, 2.05) is 66.7 Å². The van der Waals surface area contributed by atoms with Gasteiger partial charge in [-0.25, -0.2) is 0 Å². The molecule has 0 aliphatic carbocycles. The quantitative estimate of drug-likeness (QED) is 0.389. The third-order valence-electron chi connectivity index (χ3n) is 3.92. The van der Waals surface area contributed by atoms with E-state index in [0.29, 0.717) is 0 Å². The van der Waals surface area contributed by atoms with E-state index < -0.39 is 0 Å². The third-order valence-corrected chi connectivity index (χ3v) is 3.92. The first-order valence-corrected chi connectivity index (χ1v) is 7.01. The lowest BCUT2D eigenvalue weighted by atomic mass is 9.97. The first kappa shape index (κ1) is 12.0. The Morgan fingerprint density at radius 3 is 2.00 bits per heavy atom. The summed E-state index contributed by atoms with van der Waals surface area (Å²) in [6.07, 6.45) is 0. The Labute approximate surface area is 123 Å². The molecule has 1 nitrogen and oxygen atoms in total. The van der Waals surface area contributed by atoms with Gasteiger partial charge in [0.1, 0.15) is 0 Å². The van der Waals surface area contributed by atoms with Crippen molar-refractivity contribution in [1.29, 1.82) is 0 Å². The van der Waals surface area contributed by atoms with Crippen molar-refractivity contribution in [1.82, 2.24) is 0 Å². The smallest absolute Gasteiger partial charge is 0.194 e. The van der Waals surface area contributed by atoms with Crippen LogP contribution in [0.25, 0.3) is 32.7 Å². The summed E-state index contributed by atoms with van der Waals surface area (Å²) in [6, 6.07) is 26.0. The maximum Gasteiger partial charge on any atom is 0.194 e. The minimum atomic E-state index is 0.101. The Morgan fingerprint density at radius 2 is 1.24 bits per heavy atom. The van der Waals surface area contributed by atoms with Crippen LogP contribution in [-0.2, 0) is 5.11 Å². The van der Waals surface area contributed by atoms with Gasteiger partial charge < -0.3 is 0 Å². The SMILES string of the molecule is [O]c1c(-c2ccccc2)ccc2cc3ccccc3cc12. The molecule has 0 N–H and O–H groups in total. The van der Waals surface area contributed by atoms with Crippen molar-refractivity contribution in [2.24, 2.45) is 0 Å². The van der Waals surface area contributed by atoms with Crippen LogP contribution in [0.4, 0.5) is 0 Å². The molecule has 0 atom stereocenters. The van der Waals surface area contributed by atoms with E-state index in [1.165, 1.54) is 0 Å². The van der Waals surface area contributed by atoms with Gasteiger partial charge in [-0.3, -0.25) is 5.11 Å². The van der Waals surface area contributed by atoms with Crippen LogP contribution in [0.3, 0.4) is 0 Å². The fourth-order valence-electron chi connectivity index (χ4n) is 2.83. The van der Waals surface area contributed by atoms with Crippen LogP contribution in [-0.4, -0.2) is 0 Å². The van der Waals surface area contributed by atoms with Crippen molar-refractivity contribution in [3.8, 4) is 16.9 Å². The molecule has 21 heavy (non-hydrogen) atoms. The van der Waals surface area contributed by atoms with E-state index in [-0.39, 0.29) is 5.75 Å². The summed E-state index contributed by atoms with van der Waals surface area (Å²) in [5.74, 6) is 0.101. The molecule has 0 bridgehead atoms. The minimum Gasteiger partial charge on any atom is -0.289 e. The maximum absolute atomic E-state index is 12.8. The molecule has 4 aromatic rings. The number of rotatable bonds is 1. The zero-order valence-electron chi connectivity index (χ0n) is 11.4. The molecular formula is C20H13O. The Balaban J connectivity index is 2.04. The van der Waals surface area contributed by atoms with Gasteiger partial charge in [0.25, 0.3) is 0 Å². The van der Waals surface area contributed by atoms with Crippen LogP contribution in [0.1, 0.15) is 0 Å². The highest BCUT2D eigenvalue weighted by Gasteiger charge is 2.10. The number of hydrogen-bond donors (Lipinski definition) is 0. The van der Waals surface area contributed by atoms with E-state index in [9.17, 15) is 5.11 Å². The lowest BCUT2D eigenvalue weighted by Gasteiger charge is -2.08. The highest BCUT2D eigenvalue weighted by atomic mass is 16.3. The van der Waals surface area contributed by atoms with Gasteiger partial charge in [-0.1, -0.05) is 60.7 Å². The minimum absolute atomic E-state index is 0.101. The normalized spacial score (nSPS) is 11.0. The van der Waals surface area contributed by atoms with E-state index in [0.717, 1.165) is 32.7 Å². The Kier molecular flexibility index (Phi) is 2.65. The van der Waals surface area contributed by atoms with Gasteiger partial charge in [0.15, 0.2) is 5.75 Å². The first-order chi connectivity index (χ1) is 10.3. The number of benzene rings is 4. The summed E-state index contributed by atoms with van der Waals surface area (Å²) in [5.41, 5.74) is 1.73. The Bertz CT molecular complexity index is 940. The average Bonchev–Trinajstić information content (AvgIpc) is 2.55. The van der Waals surface area contributed by atoms with E-state index in [4.69, 9.17) is 0 Å². The molecule has 0 fully saturated rings. The topological polar surface area (TPSA) is 19.9 Å². The van der Waals surface area contributed by atoms with Gasteiger partial charge >= 0.3 is 0 Å². The first-order valence-electron chi connectivity index (χ1n) is 7.01. The monoisotopic (exact) mass is 269 g/mol. The zero-order chi connectivity index (χ0) is 14.2. The predicted molar refractivity (Wildman–Crippen MR) is 87.0 cm³/mol. The second-order valence-electron chi connectivity index (χ2n) is 5.23. The molecule has 4 rings (SSSR count). The molecule has 0 spiro atoms. The summed E-state index contributed by atoms with van der Waals surface area (Å²) < 4.78 is 0. The lowest BCUT2D eigenvalue weighted by Crippen LogP contribution is -1.82.